The van der Waals surface area contributed by atoms with Gasteiger partial charge in [-0.05, 0) is 24.8 Å². The molecule has 1 unspecified atom stereocenters. The zero-order valence-corrected chi connectivity index (χ0v) is 10.3. The van der Waals surface area contributed by atoms with Gasteiger partial charge in [-0.3, -0.25) is 0 Å². The van der Waals surface area contributed by atoms with Gasteiger partial charge in [-0.1, -0.05) is 43.3 Å². The van der Waals surface area contributed by atoms with Crippen molar-refractivity contribution in [1.82, 2.24) is 0 Å². The van der Waals surface area contributed by atoms with Crippen LogP contribution in [0.4, 0.5) is 0 Å². The lowest BCUT2D eigenvalue weighted by atomic mass is 10.1. The predicted molar refractivity (Wildman–Crippen MR) is 70.4 cm³/mol. The fourth-order valence-electron chi connectivity index (χ4n) is 1.66. The van der Waals surface area contributed by atoms with Gasteiger partial charge in [0, 0.05) is 5.39 Å². The van der Waals surface area contributed by atoms with Crippen LogP contribution < -0.4 is 4.74 Å². The number of aliphatic hydroxyl groups is 1. The SMILES string of the molecule is CCC(C)(O)COc1cccc2ccccc12. The summed E-state index contributed by atoms with van der Waals surface area (Å²) in [6, 6.07) is 14.1. The summed E-state index contributed by atoms with van der Waals surface area (Å²) < 4.78 is 5.72. The van der Waals surface area contributed by atoms with E-state index in [4.69, 9.17) is 4.74 Å². The van der Waals surface area contributed by atoms with Crippen LogP contribution in [0.3, 0.4) is 0 Å². The Bertz CT molecular complexity index is 498. The van der Waals surface area contributed by atoms with Gasteiger partial charge in [0.25, 0.3) is 0 Å². The molecule has 0 aromatic heterocycles. The van der Waals surface area contributed by atoms with Crippen LogP contribution in [0.2, 0.25) is 0 Å². The molecule has 0 aliphatic heterocycles. The minimum atomic E-state index is -0.767. The van der Waals surface area contributed by atoms with Crippen molar-refractivity contribution in [3.8, 4) is 5.75 Å². The summed E-state index contributed by atoms with van der Waals surface area (Å²) in [6.07, 6.45) is 0.678. The lowest BCUT2D eigenvalue weighted by Gasteiger charge is -2.22. The fraction of sp³-hybridized carbons (Fsp3) is 0.333. The minimum Gasteiger partial charge on any atom is -0.490 e. The molecule has 2 rings (SSSR count). The molecule has 0 fully saturated rings. The molecule has 2 nitrogen and oxygen atoms in total. The average Bonchev–Trinajstić information content (AvgIpc) is 2.36. The Hall–Kier alpha value is -1.54. The van der Waals surface area contributed by atoms with Crippen molar-refractivity contribution in [2.24, 2.45) is 0 Å². The highest BCUT2D eigenvalue weighted by Gasteiger charge is 2.18. The van der Waals surface area contributed by atoms with Gasteiger partial charge in [-0.2, -0.15) is 0 Å². The van der Waals surface area contributed by atoms with E-state index in [0.717, 1.165) is 16.5 Å². The van der Waals surface area contributed by atoms with Gasteiger partial charge in [0.05, 0.1) is 5.60 Å². The van der Waals surface area contributed by atoms with E-state index < -0.39 is 5.60 Å². The summed E-state index contributed by atoms with van der Waals surface area (Å²) in [5, 5.41) is 12.2. The van der Waals surface area contributed by atoms with E-state index >= 15 is 0 Å². The van der Waals surface area contributed by atoms with E-state index in [2.05, 4.69) is 12.1 Å². The number of fused-ring (bicyclic) bond motifs is 1. The summed E-state index contributed by atoms with van der Waals surface area (Å²) in [5.41, 5.74) is -0.767. The topological polar surface area (TPSA) is 29.5 Å². The van der Waals surface area contributed by atoms with Crippen LogP contribution in [0.25, 0.3) is 10.8 Å². The normalized spacial score (nSPS) is 14.5. The number of rotatable bonds is 4. The van der Waals surface area contributed by atoms with Crippen molar-refractivity contribution < 1.29 is 9.84 Å². The molecule has 0 heterocycles. The molecule has 0 aliphatic carbocycles. The summed E-state index contributed by atoms with van der Waals surface area (Å²) in [5.74, 6) is 0.830. The van der Waals surface area contributed by atoms with Gasteiger partial charge in [0.1, 0.15) is 12.4 Å². The summed E-state index contributed by atoms with van der Waals surface area (Å²) in [4.78, 5) is 0. The third-order valence-corrected chi connectivity index (χ3v) is 3.05. The number of hydrogen-bond donors (Lipinski definition) is 1. The molecule has 0 saturated heterocycles. The highest BCUT2D eigenvalue weighted by Crippen LogP contribution is 2.26. The zero-order chi connectivity index (χ0) is 12.3. The van der Waals surface area contributed by atoms with Crippen molar-refractivity contribution in [3.63, 3.8) is 0 Å². The first-order valence-corrected chi connectivity index (χ1v) is 5.95. The van der Waals surface area contributed by atoms with Gasteiger partial charge >= 0.3 is 0 Å². The Labute approximate surface area is 102 Å². The van der Waals surface area contributed by atoms with Crippen LogP contribution in [-0.4, -0.2) is 17.3 Å². The van der Waals surface area contributed by atoms with Crippen LogP contribution in [0.1, 0.15) is 20.3 Å². The molecule has 2 aromatic rings. The van der Waals surface area contributed by atoms with Crippen LogP contribution in [0.5, 0.6) is 5.75 Å². The molecule has 0 saturated carbocycles. The number of ether oxygens (including phenoxy) is 1. The van der Waals surface area contributed by atoms with Crippen molar-refractivity contribution in [3.05, 3.63) is 42.5 Å². The maximum Gasteiger partial charge on any atom is 0.127 e. The highest BCUT2D eigenvalue weighted by atomic mass is 16.5. The number of benzene rings is 2. The molecule has 0 aliphatic rings. The Morgan fingerprint density at radius 3 is 2.59 bits per heavy atom. The Kier molecular flexibility index (Phi) is 3.34. The molecule has 0 spiro atoms. The second kappa shape index (κ2) is 4.76. The van der Waals surface area contributed by atoms with E-state index in [1.807, 2.05) is 37.3 Å². The van der Waals surface area contributed by atoms with Crippen molar-refractivity contribution in [2.45, 2.75) is 25.9 Å². The molecule has 17 heavy (non-hydrogen) atoms. The summed E-state index contributed by atoms with van der Waals surface area (Å²) in [6.45, 7) is 4.06. The van der Waals surface area contributed by atoms with E-state index in [-0.39, 0.29) is 0 Å². The third kappa shape index (κ3) is 2.77. The quantitative estimate of drug-likeness (QED) is 0.872. The highest BCUT2D eigenvalue weighted by molar-refractivity contribution is 5.88. The van der Waals surface area contributed by atoms with E-state index in [9.17, 15) is 5.11 Å². The predicted octanol–water partition coefficient (Wildman–Crippen LogP) is 3.38. The van der Waals surface area contributed by atoms with Gasteiger partial charge in [-0.15, -0.1) is 0 Å². The van der Waals surface area contributed by atoms with Crippen molar-refractivity contribution in [2.75, 3.05) is 6.61 Å². The lowest BCUT2D eigenvalue weighted by molar-refractivity contribution is 0.00896. The number of hydrogen-bond acceptors (Lipinski definition) is 2. The van der Waals surface area contributed by atoms with E-state index in [1.165, 1.54) is 0 Å². The third-order valence-electron chi connectivity index (χ3n) is 3.05. The Morgan fingerprint density at radius 1 is 1.12 bits per heavy atom. The zero-order valence-electron chi connectivity index (χ0n) is 10.3. The van der Waals surface area contributed by atoms with Crippen molar-refractivity contribution >= 4 is 10.8 Å². The van der Waals surface area contributed by atoms with Crippen LogP contribution in [0.15, 0.2) is 42.5 Å². The average molecular weight is 230 g/mol. The maximum atomic E-state index is 9.93. The summed E-state index contributed by atoms with van der Waals surface area (Å²) in [7, 11) is 0. The first-order valence-electron chi connectivity index (χ1n) is 5.95. The second-order valence-corrected chi connectivity index (χ2v) is 4.62. The van der Waals surface area contributed by atoms with Gasteiger partial charge in [0.15, 0.2) is 0 Å². The van der Waals surface area contributed by atoms with E-state index in [0.29, 0.717) is 13.0 Å². The Balaban J connectivity index is 2.24. The lowest BCUT2D eigenvalue weighted by Crippen LogP contribution is -2.31. The largest absolute Gasteiger partial charge is 0.490 e. The first kappa shape index (κ1) is 11.9. The maximum absolute atomic E-state index is 9.93. The van der Waals surface area contributed by atoms with Crippen LogP contribution >= 0.6 is 0 Å². The minimum absolute atomic E-state index is 0.317. The fourth-order valence-corrected chi connectivity index (χ4v) is 1.66. The molecule has 90 valence electrons. The first-order chi connectivity index (χ1) is 8.12. The molecule has 1 N–H and O–H groups in total. The second-order valence-electron chi connectivity index (χ2n) is 4.62. The van der Waals surface area contributed by atoms with Crippen LogP contribution in [0, 0.1) is 0 Å². The van der Waals surface area contributed by atoms with Crippen LogP contribution in [-0.2, 0) is 0 Å². The monoisotopic (exact) mass is 230 g/mol. The molecule has 0 bridgehead atoms. The molecular weight excluding hydrogens is 212 g/mol. The van der Waals surface area contributed by atoms with Gasteiger partial charge in [0.2, 0.25) is 0 Å². The van der Waals surface area contributed by atoms with E-state index in [1.54, 1.807) is 6.92 Å². The molecule has 2 heteroatoms. The van der Waals surface area contributed by atoms with Crippen molar-refractivity contribution in [1.29, 1.82) is 0 Å². The summed E-state index contributed by atoms with van der Waals surface area (Å²) >= 11 is 0. The smallest absolute Gasteiger partial charge is 0.127 e. The molecular formula is C15H18O2. The van der Waals surface area contributed by atoms with Gasteiger partial charge < -0.3 is 9.84 Å². The molecule has 1 atom stereocenters. The Morgan fingerprint density at radius 2 is 1.82 bits per heavy atom. The van der Waals surface area contributed by atoms with Gasteiger partial charge in [-0.25, -0.2) is 0 Å². The molecule has 0 radical (unpaired) electrons. The molecule has 0 amide bonds. The molecule has 2 aromatic carbocycles. The standard InChI is InChI=1S/C15H18O2/c1-3-15(2,16)11-17-14-10-6-8-12-7-4-5-9-13(12)14/h4-10,16H,3,11H2,1-2H3.